The summed E-state index contributed by atoms with van der Waals surface area (Å²) in [6.07, 6.45) is -3.31. The second-order valence-corrected chi connectivity index (χ2v) is 3.76. The number of rotatable bonds is 4. The molecule has 0 aromatic heterocycles. The Kier molecular flexibility index (Phi) is 5.87. The van der Waals surface area contributed by atoms with E-state index in [0.717, 1.165) is 0 Å². The Hall–Kier alpha value is -0.360. The van der Waals surface area contributed by atoms with E-state index in [9.17, 15) is 22.9 Å². The molecule has 11 heteroatoms. The van der Waals surface area contributed by atoms with Crippen LogP contribution in [0.5, 0.6) is 0 Å². The predicted octanol–water partition coefficient (Wildman–Crippen LogP) is -5.48. The number of ether oxygens (including phenoxy) is 1. The van der Waals surface area contributed by atoms with Crippen molar-refractivity contribution in [3.05, 3.63) is 11.5 Å². The van der Waals surface area contributed by atoms with Crippen LogP contribution in [0.25, 0.3) is 0 Å². The minimum absolute atomic E-state index is 0. The van der Waals surface area contributed by atoms with Crippen molar-refractivity contribution < 1.29 is 71.6 Å². The third-order valence-electron chi connectivity index (χ3n) is 1.64. The van der Waals surface area contributed by atoms with E-state index in [0.29, 0.717) is 0 Å². The molecule has 1 aliphatic rings. The number of aliphatic hydroxyl groups is 3. The second-order valence-electron chi connectivity index (χ2n) is 2.78. The molecule has 0 radical (unpaired) electrons. The van der Waals surface area contributed by atoms with Gasteiger partial charge < -0.3 is 28.8 Å². The Balaban J connectivity index is 0.00000256. The Morgan fingerprint density at radius 2 is 2.06 bits per heavy atom. The van der Waals surface area contributed by atoms with E-state index in [1.54, 1.807) is 0 Å². The zero-order valence-electron chi connectivity index (χ0n) is 8.56. The van der Waals surface area contributed by atoms with Gasteiger partial charge in [-0.1, -0.05) is 0 Å². The van der Waals surface area contributed by atoms with Crippen molar-refractivity contribution in [2.24, 2.45) is 0 Å². The number of aliphatic hydroxyl groups excluding tert-OH is 3. The molecular weight excluding hydrogens is 271 g/mol. The molecule has 0 aromatic carbocycles. The SMILES string of the molecule is O=C1O[C@H]([C@@H](O)CO)C(O)=C1OS(=O)(=O)[O-].[Na+]. The molecule has 0 fully saturated rings. The Labute approximate surface area is 118 Å². The topological polar surface area (TPSA) is 153 Å². The fourth-order valence-electron chi connectivity index (χ4n) is 0.994. The minimum atomic E-state index is -5.24. The number of hydrogen-bond donors (Lipinski definition) is 3. The molecule has 2 atom stereocenters. The van der Waals surface area contributed by atoms with Crippen LogP contribution in [0.1, 0.15) is 0 Å². The van der Waals surface area contributed by atoms with Crippen LogP contribution in [-0.4, -0.2) is 53.1 Å². The van der Waals surface area contributed by atoms with Gasteiger partial charge in [-0.15, -0.1) is 0 Å². The van der Waals surface area contributed by atoms with Gasteiger partial charge in [-0.05, 0) is 0 Å². The van der Waals surface area contributed by atoms with Gasteiger partial charge in [0.25, 0.3) is 16.2 Å². The van der Waals surface area contributed by atoms with Crippen molar-refractivity contribution >= 4 is 16.4 Å². The third-order valence-corrected chi connectivity index (χ3v) is 2.01. The summed E-state index contributed by atoms with van der Waals surface area (Å²) >= 11 is 0. The maximum Gasteiger partial charge on any atom is 1.00 e. The minimum Gasteiger partial charge on any atom is -0.716 e. The molecule has 0 spiro atoms. The summed E-state index contributed by atoms with van der Waals surface area (Å²) in [4.78, 5) is 10.9. The molecule has 1 rings (SSSR count). The second kappa shape index (κ2) is 6.00. The molecule has 0 unspecified atom stereocenters. The van der Waals surface area contributed by atoms with Crippen molar-refractivity contribution in [2.45, 2.75) is 12.2 Å². The first-order chi connectivity index (χ1) is 7.26. The molecule has 1 aliphatic heterocycles. The first kappa shape index (κ1) is 16.6. The summed E-state index contributed by atoms with van der Waals surface area (Å²) in [5.41, 5.74) is 0. The van der Waals surface area contributed by atoms with E-state index < -0.39 is 46.7 Å². The van der Waals surface area contributed by atoms with Crippen LogP contribution in [0.2, 0.25) is 0 Å². The van der Waals surface area contributed by atoms with Crippen LogP contribution < -0.4 is 29.6 Å². The summed E-state index contributed by atoms with van der Waals surface area (Å²) in [6.45, 7) is -0.848. The van der Waals surface area contributed by atoms with Gasteiger partial charge in [0.15, 0.2) is 11.9 Å². The zero-order chi connectivity index (χ0) is 12.5. The molecule has 0 amide bonds. The molecule has 0 saturated heterocycles. The van der Waals surface area contributed by atoms with Gasteiger partial charge in [-0.3, -0.25) is 0 Å². The van der Waals surface area contributed by atoms with Crippen molar-refractivity contribution in [1.82, 2.24) is 0 Å². The first-order valence-electron chi connectivity index (χ1n) is 3.84. The smallest absolute Gasteiger partial charge is 0.716 e. The van der Waals surface area contributed by atoms with Crippen LogP contribution in [-0.2, 0) is 24.1 Å². The molecule has 9 nitrogen and oxygen atoms in total. The molecule has 1 heterocycles. The van der Waals surface area contributed by atoms with Crippen LogP contribution >= 0.6 is 0 Å². The van der Waals surface area contributed by atoms with E-state index >= 15 is 0 Å². The zero-order valence-corrected chi connectivity index (χ0v) is 11.4. The predicted molar refractivity (Wildman–Crippen MR) is 43.4 cm³/mol. The number of carbonyl (C=O) groups is 1. The van der Waals surface area contributed by atoms with Gasteiger partial charge in [-0.25, -0.2) is 13.2 Å². The van der Waals surface area contributed by atoms with Crippen molar-refractivity contribution in [2.75, 3.05) is 6.61 Å². The summed E-state index contributed by atoms with van der Waals surface area (Å²) in [6, 6.07) is 0. The molecule has 0 bridgehead atoms. The number of carbonyl (C=O) groups excluding carboxylic acids is 1. The molecular formula is C6H7NaO9S. The van der Waals surface area contributed by atoms with E-state index in [4.69, 9.17) is 10.2 Å². The molecule has 17 heavy (non-hydrogen) atoms. The maximum atomic E-state index is 10.9. The Morgan fingerprint density at radius 3 is 2.47 bits per heavy atom. The summed E-state index contributed by atoms with van der Waals surface area (Å²) in [5, 5.41) is 26.8. The van der Waals surface area contributed by atoms with Gasteiger partial charge >= 0.3 is 35.5 Å². The van der Waals surface area contributed by atoms with E-state index in [1.165, 1.54) is 0 Å². The third kappa shape index (κ3) is 4.10. The first-order valence-corrected chi connectivity index (χ1v) is 5.18. The fraction of sp³-hybridized carbons (Fsp3) is 0.500. The molecule has 92 valence electrons. The molecule has 0 saturated carbocycles. The van der Waals surface area contributed by atoms with E-state index in [2.05, 4.69) is 8.92 Å². The van der Waals surface area contributed by atoms with Crippen LogP contribution in [0.15, 0.2) is 11.5 Å². The summed E-state index contributed by atoms with van der Waals surface area (Å²) in [5.74, 6) is -3.70. The van der Waals surface area contributed by atoms with Gasteiger partial charge in [0.2, 0.25) is 0 Å². The Bertz CT molecular complexity index is 427. The maximum absolute atomic E-state index is 10.9. The van der Waals surface area contributed by atoms with Gasteiger partial charge in [-0.2, -0.15) is 0 Å². The van der Waals surface area contributed by atoms with E-state index in [-0.39, 0.29) is 29.6 Å². The number of esters is 1. The van der Waals surface area contributed by atoms with Crippen molar-refractivity contribution in [3.63, 3.8) is 0 Å². The molecule has 0 aromatic rings. The number of hydrogen-bond acceptors (Lipinski definition) is 9. The van der Waals surface area contributed by atoms with Crippen LogP contribution in [0.3, 0.4) is 0 Å². The molecule has 0 aliphatic carbocycles. The van der Waals surface area contributed by atoms with Gasteiger partial charge in [0.1, 0.15) is 6.10 Å². The van der Waals surface area contributed by atoms with Crippen molar-refractivity contribution in [1.29, 1.82) is 0 Å². The normalized spacial score (nSPS) is 21.8. The fourth-order valence-corrected chi connectivity index (χ4v) is 1.35. The van der Waals surface area contributed by atoms with Crippen LogP contribution in [0, 0.1) is 0 Å². The van der Waals surface area contributed by atoms with Crippen molar-refractivity contribution in [3.8, 4) is 0 Å². The monoisotopic (exact) mass is 278 g/mol. The van der Waals surface area contributed by atoms with Gasteiger partial charge in [0.05, 0.1) is 6.61 Å². The average molecular weight is 278 g/mol. The van der Waals surface area contributed by atoms with Crippen LogP contribution in [0.4, 0.5) is 0 Å². The largest absolute Gasteiger partial charge is 1.00 e. The summed E-state index contributed by atoms with van der Waals surface area (Å²) < 4.78 is 38.5. The number of cyclic esters (lactones) is 1. The average Bonchev–Trinajstić information content (AvgIpc) is 2.42. The van der Waals surface area contributed by atoms with Gasteiger partial charge in [0, 0.05) is 0 Å². The summed E-state index contributed by atoms with van der Waals surface area (Å²) in [7, 11) is -5.24. The standard InChI is InChI=1S/C6H8O9S.Na/c7-1-2(8)4-3(9)5(6(10)14-4)15-16(11,12)13;/h2,4,7-9H,1H2,(H,11,12,13);/q;+1/p-1/t2-,4+;/m0./s1. The Morgan fingerprint density at radius 1 is 1.53 bits per heavy atom. The van der Waals surface area contributed by atoms with E-state index in [1.807, 2.05) is 0 Å². The quantitative estimate of drug-likeness (QED) is 0.198. The molecule has 3 N–H and O–H groups in total.